The number of hydrogen-bond donors (Lipinski definition) is 0. The Bertz CT molecular complexity index is 1480. The van der Waals surface area contributed by atoms with Crippen LogP contribution in [0, 0.1) is 0 Å². The van der Waals surface area contributed by atoms with Gasteiger partial charge < -0.3 is 8.83 Å². The lowest BCUT2D eigenvalue weighted by molar-refractivity contribution is 0.500. The van der Waals surface area contributed by atoms with Crippen LogP contribution >= 0.6 is 11.3 Å². The highest BCUT2D eigenvalue weighted by Gasteiger charge is 2.15. The molecule has 0 aliphatic carbocycles. The van der Waals surface area contributed by atoms with Crippen LogP contribution in [0.2, 0.25) is 0 Å². The van der Waals surface area contributed by atoms with Crippen molar-refractivity contribution in [2.24, 2.45) is 0 Å². The fourth-order valence-electron chi connectivity index (χ4n) is 7.16. The number of oxazole rings is 2. The number of hydrogen-bond acceptors (Lipinski definition) is 5. The molecule has 0 saturated carbocycles. The third-order valence-electron chi connectivity index (χ3n) is 10.1. The number of rotatable bonds is 26. The van der Waals surface area contributed by atoms with Gasteiger partial charge in [-0.15, -0.1) is 11.3 Å². The summed E-state index contributed by atoms with van der Waals surface area (Å²) >= 11 is 1.81. The Kier molecular flexibility index (Phi) is 15.4. The van der Waals surface area contributed by atoms with Crippen LogP contribution in [0.3, 0.4) is 0 Å². The molecule has 0 amide bonds. The summed E-state index contributed by atoms with van der Waals surface area (Å²) in [7, 11) is 0. The van der Waals surface area contributed by atoms with Crippen LogP contribution in [0.4, 0.5) is 0 Å². The van der Waals surface area contributed by atoms with E-state index in [1.54, 1.807) is 0 Å². The molecule has 0 unspecified atom stereocenters. The van der Waals surface area contributed by atoms with E-state index in [-0.39, 0.29) is 0 Å². The van der Waals surface area contributed by atoms with Crippen LogP contribution in [-0.4, -0.2) is 9.97 Å². The second kappa shape index (κ2) is 20.2. The van der Waals surface area contributed by atoms with Crippen molar-refractivity contribution in [2.45, 2.75) is 181 Å². The number of aryl methyl sites for hydroxylation is 2. The van der Waals surface area contributed by atoms with Gasteiger partial charge in [0.1, 0.15) is 11.0 Å². The minimum Gasteiger partial charge on any atom is -0.441 e. The zero-order chi connectivity index (χ0) is 32.5. The van der Waals surface area contributed by atoms with E-state index in [2.05, 4.69) is 38.1 Å². The molecule has 5 heteroatoms. The standard InChI is InChI=1S/C42H62N2O2S/c1-3-5-7-9-11-13-15-17-19-21-23-25-27-41-43-35-29-33-34-30-36-38(32-40(34)47-39(33)31-37(35)45-41)46-42(44-36)28-26-24-22-20-18-16-14-12-10-8-6-4-2/h29-32H,3-28H2,1-2H3. The summed E-state index contributed by atoms with van der Waals surface area (Å²) in [6.45, 7) is 4.58. The summed E-state index contributed by atoms with van der Waals surface area (Å²) in [5.74, 6) is 1.77. The Morgan fingerprint density at radius 2 is 0.745 bits per heavy atom. The predicted molar refractivity (Wildman–Crippen MR) is 204 cm³/mol. The molecule has 0 saturated heterocycles. The minimum absolute atomic E-state index is 0.885. The first-order valence-corrected chi connectivity index (χ1v) is 20.6. The van der Waals surface area contributed by atoms with Gasteiger partial charge in [-0.1, -0.05) is 155 Å². The largest absolute Gasteiger partial charge is 0.441 e. The molecule has 47 heavy (non-hydrogen) atoms. The van der Waals surface area contributed by atoms with Crippen molar-refractivity contribution in [1.82, 2.24) is 9.97 Å². The summed E-state index contributed by atoms with van der Waals surface area (Å²) in [5.41, 5.74) is 3.76. The molecule has 0 bridgehead atoms. The smallest absolute Gasteiger partial charge is 0.195 e. The molecule has 3 heterocycles. The van der Waals surface area contributed by atoms with Crippen molar-refractivity contribution >= 4 is 53.7 Å². The highest BCUT2D eigenvalue weighted by molar-refractivity contribution is 7.26. The Morgan fingerprint density at radius 3 is 1.09 bits per heavy atom. The van der Waals surface area contributed by atoms with Crippen molar-refractivity contribution in [3.63, 3.8) is 0 Å². The van der Waals surface area contributed by atoms with E-state index in [1.165, 1.54) is 161 Å². The van der Waals surface area contributed by atoms with Crippen molar-refractivity contribution in [2.75, 3.05) is 0 Å². The lowest BCUT2D eigenvalue weighted by atomic mass is 10.0. The van der Waals surface area contributed by atoms with Gasteiger partial charge in [0.25, 0.3) is 0 Å². The van der Waals surface area contributed by atoms with Crippen LogP contribution in [-0.2, 0) is 12.8 Å². The van der Waals surface area contributed by atoms with Crippen LogP contribution < -0.4 is 0 Å². The number of unbranched alkanes of at least 4 members (excludes halogenated alkanes) is 22. The van der Waals surface area contributed by atoms with Crippen molar-refractivity contribution < 1.29 is 8.83 Å². The topological polar surface area (TPSA) is 52.1 Å². The number of thiophene rings is 1. The lowest BCUT2D eigenvalue weighted by Crippen LogP contribution is -1.86. The zero-order valence-electron chi connectivity index (χ0n) is 29.8. The van der Waals surface area contributed by atoms with E-state index in [0.717, 1.165) is 59.7 Å². The number of fused-ring (bicyclic) bond motifs is 5. The Morgan fingerprint density at radius 1 is 0.426 bits per heavy atom. The second-order valence-corrected chi connectivity index (χ2v) is 15.3. The van der Waals surface area contributed by atoms with E-state index < -0.39 is 0 Å². The molecule has 0 spiro atoms. The van der Waals surface area contributed by atoms with Crippen molar-refractivity contribution in [3.05, 3.63) is 36.0 Å². The van der Waals surface area contributed by atoms with E-state index in [1.807, 2.05) is 11.3 Å². The van der Waals surface area contributed by atoms with Crippen molar-refractivity contribution in [1.29, 1.82) is 0 Å². The normalized spacial score (nSPS) is 12.1. The second-order valence-electron chi connectivity index (χ2n) is 14.2. The van der Waals surface area contributed by atoms with E-state index in [9.17, 15) is 0 Å². The molecule has 0 fully saturated rings. The average molecular weight is 659 g/mol. The third kappa shape index (κ3) is 11.3. The SMILES string of the molecule is CCCCCCCCCCCCCCc1nc2cc3c(cc2o1)sc1cc2oc(CCCCCCCCCCCCCC)nc2cc13. The molecule has 0 N–H and O–H groups in total. The van der Waals surface area contributed by atoms with Gasteiger partial charge in [0, 0.05) is 45.1 Å². The summed E-state index contributed by atoms with van der Waals surface area (Å²) in [5, 5.41) is 2.49. The molecule has 0 aliphatic rings. The maximum Gasteiger partial charge on any atom is 0.195 e. The average Bonchev–Trinajstić information content (AvgIpc) is 3.77. The fraction of sp³-hybridized carbons (Fsp3) is 0.667. The van der Waals surface area contributed by atoms with Gasteiger partial charge >= 0.3 is 0 Å². The molecule has 2 aromatic carbocycles. The first-order chi connectivity index (χ1) is 23.2. The first kappa shape index (κ1) is 35.9. The molecule has 258 valence electrons. The lowest BCUT2D eigenvalue weighted by Gasteiger charge is -2.02. The van der Waals surface area contributed by atoms with E-state index in [4.69, 9.17) is 18.8 Å². The van der Waals surface area contributed by atoms with Crippen LogP contribution in [0.25, 0.3) is 42.4 Å². The summed E-state index contributed by atoms with van der Waals surface area (Å²) < 4.78 is 14.9. The third-order valence-corrected chi connectivity index (χ3v) is 11.2. The zero-order valence-corrected chi connectivity index (χ0v) is 30.6. The minimum atomic E-state index is 0.885. The van der Waals surface area contributed by atoms with Crippen LogP contribution in [0.15, 0.2) is 33.1 Å². The molecule has 0 atom stereocenters. The van der Waals surface area contributed by atoms with Gasteiger partial charge in [-0.05, 0) is 25.0 Å². The van der Waals surface area contributed by atoms with E-state index in [0.29, 0.717) is 0 Å². The number of nitrogens with zero attached hydrogens (tertiary/aromatic N) is 2. The monoisotopic (exact) mass is 658 g/mol. The molecular formula is C42H62N2O2S. The van der Waals surface area contributed by atoms with Gasteiger partial charge in [0.05, 0.1) is 0 Å². The van der Waals surface area contributed by atoms with Gasteiger partial charge in [0.2, 0.25) is 0 Å². The molecule has 4 nitrogen and oxygen atoms in total. The Labute approximate surface area is 288 Å². The number of benzene rings is 2. The maximum atomic E-state index is 6.21. The first-order valence-electron chi connectivity index (χ1n) is 19.8. The Hall–Kier alpha value is -2.40. The van der Waals surface area contributed by atoms with E-state index >= 15 is 0 Å². The predicted octanol–water partition coefficient (Wildman–Crippen LogP) is 14.8. The van der Waals surface area contributed by atoms with Gasteiger partial charge in [-0.3, -0.25) is 0 Å². The van der Waals surface area contributed by atoms with Crippen LogP contribution in [0.5, 0.6) is 0 Å². The molecule has 5 aromatic rings. The number of aromatic nitrogens is 2. The van der Waals surface area contributed by atoms with Gasteiger partial charge in [-0.2, -0.15) is 0 Å². The van der Waals surface area contributed by atoms with Gasteiger partial charge in [-0.25, -0.2) is 9.97 Å². The molecule has 3 aromatic heterocycles. The Balaban J connectivity index is 1.03. The molecular weight excluding hydrogens is 597 g/mol. The molecule has 5 rings (SSSR count). The maximum absolute atomic E-state index is 6.21. The fourth-order valence-corrected chi connectivity index (χ4v) is 8.29. The summed E-state index contributed by atoms with van der Waals surface area (Å²) in [6, 6.07) is 8.81. The van der Waals surface area contributed by atoms with Gasteiger partial charge in [0.15, 0.2) is 22.9 Å². The molecule has 0 radical (unpaired) electrons. The highest BCUT2D eigenvalue weighted by atomic mass is 32.1. The van der Waals surface area contributed by atoms with Crippen LogP contribution in [0.1, 0.15) is 180 Å². The quantitative estimate of drug-likeness (QED) is 0.0555. The summed E-state index contributed by atoms with van der Waals surface area (Å²) in [6.07, 6.45) is 34.6. The summed E-state index contributed by atoms with van der Waals surface area (Å²) in [4.78, 5) is 9.78. The highest BCUT2D eigenvalue weighted by Crippen LogP contribution is 2.39. The molecule has 0 aliphatic heterocycles. The van der Waals surface area contributed by atoms with Crippen molar-refractivity contribution in [3.8, 4) is 0 Å².